The Morgan fingerprint density at radius 2 is 1.64 bits per heavy atom. The van der Waals surface area contributed by atoms with Crippen molar-refractivity contribution in [3.63, 3.8) is 0 Å². The molecule has 14 nitrogen and oxygen atoms in total. The van der Waals surface area contributed by atoms with E-state index < -0.39 is 23.6 Å². The average Bonchev–Trinajstić information content (AvgIpc) is 3.46. The first-order valence-corrected chi connectivity index (χ1v) is 20.2. The minimum atomic E-state index is -0.962. The van der Waals surface area contributed by atoms with E-state index in [1.54, 1.807) is 50.4 Å². The number of nitrogens with zero attached hydrogens (tertiary/aromatic N) is 5. The molecule has 2 aromatic carbocycles. The number of aryl methyl sites for hydroxylation is 1. The number of carbonyl (C=O) groups is 4. The summed E-state index contributed by atoms with van der Waals surface area (Å²) < 4.78 is 13.4. The minimum Gasteiger partial charge on any atom is -0.496 e. The van der Waals surface area contributed by atoms with Crippen molar-refractivity contribution in [1.82, 2.24) is 30.0 Å². The van der Waals surface area contributed by atoms with Crippen LogP contribution < -0.4 is 30.6 Å². The second-order valence-electron chi connectivity index (χ2n) is 16.4. The molecule has 1 spiro atoms. The fraction of sp³-hybridized carbons (Fsp3) is 0.455. The largest absolute Gasteiger partial charge is 0.496 e. The summed E-state index contributed by atoms with van der Waals surface area (Å²) in [4.78, 5) is 73.1. The molecule has 1 aliphatic carbocycles. The number of hydrogen-bond donors (Lipinski definition) is 2. The number of benzene rings is 2. The van der Waals surface area contributed by atoms with E-state index in [1.165, 1.54) is 12.8 Å². The van der Waals surface area contributed by atoms with Crippen LogP contribution in [0.25, 0.3) is 21.9 Å². The van der Waals surface area contributed by atoms with Gasteiger partial charge in [0, 0.05) is 69.1 Å². The highest BCUT2D eigenvalue weighted by atomic mass is 16.5. The first kappa shape index (κ1) is 39.2. The predicted molar refractivity (Wildman–Crippen MR) is 219 cm³/mol. The molecule has 3 aliphatic heterocycles. The van der Waals surface area contributed by atoms with Crippen LogP contribution in [0.2, 0.25) is 0 Å². The number of Topliss-reactive ketones (excluding diaryl/α,β-unsaturated/α-hetero) is 1. The number of ketones is 1. The molecule has 14 heteroatoms. The molecule has 1 saturated carbocycles. The van der Waals surface area contributed by atoms with Gasteiger partial charge in [-0.15, -0.1) is 0 Å². The molecule has 1 atom stereocenters. The lowest BCUT2D eigenvalue weighted by Gasteiger charge is -2.53. The molecule has 2 aromatic heterocycles. The van der Waals surface area contributed by atoms with Crippen molar-refractivity contribution in [1.29, 1.82) is 0 Å². The number of hydrogen-bond acceptors (Lipinski definition) is 11. The third-order valence-electron chi connectivity index (χ3n) is 12.7. The van der Waals surface area contributed by atoms with Crippen LogP contribution in [0.4, 0.5) is 5.69 Å². The summed E-state index contributed by atoms with van der Waals surface area (Å²) in [5.74, 6) is -0.269. The van der Waals surface area contributed by atoms with E-state index in [2.05, 4.69) is 32.5 Å². The number of nitrogens with one attached hydrogen (secondary N) is 2. The van der Waals surface area contributed by atoms with Gasteiger partial charge in [0.1, 0.15) is 17.5 Å². The van der Waals surface area contributed by atoms with Crippen molar-refractivity contribution < 1.29 is 28.7 Å². The summed E-state index contributed by atoms with van der Waals surface area (Å²) in [7, 11) is 7.21. The number of carbonyl (C=O) groups excluding carboxylic acids is 4. The molecule has 4 aromatic rings. The summed E-state index contributed by atoms with van der Waals surface area (Å²) in [6.07, 6.45) is 11.5. The number of piperidine rings is 2. The molecule has 5 heterocycles. The van der Waals surface area contributed by atoms with Crippen LogP contribution >= 0.6 is 0 Å². The van der Waals surface area contributed by atoms with Crippen LogP contribution in [0, 0.1) is 5.41 Å². The maximum absolute atomic E-state index is 13.3. The summed E-state index contributed by atoms with van der Waals surface area (Å²) in [6.45, 7) is 4.30. The molecule has 3 fully saturated rings. The lowest BCUT2D eigenvalue weighted by Crippen LogP contribution is -2.55. The number of anilines is 1. The van der Waals surface area contributed by atoms with Crippen molar-refractivity contribution in [3.8, 4) is 22.6 Å². The summed E-state index contributed by atoms with van der Waals surface area (Å²) in [6, 6.07) is 10.9. The van der Waals surface area contributed by atoms with Gasteiger partial charge in [-0.25, -0.2) is 0 Å². The SMILES string of the molecule is COc1cc(-c2cn(C)c(=O)c3cnccc23)cc(OC)c1CN(C)CCCCNC1CC2(CCN(c3ccc4c(c3)C(=O)N(C3CNC(=O)CC3=O)C4=O)CC2)C1. The van der Waals surface area contributed by atoms with Crippen LogP contribution in [0.3, 0.4) is 0 Å². The van der Waals surface area contributed by atoms with Gasteiger partial charge in [-0.1, -0.05) is 0 Å². The normalized spacial score (nSPS) is 19.2. The third kappa shape index (κ3) is 7.35. The second-order valence-corrected chi connectivity index (χ2v) is 16.4. The smallest absolute Gasteiger partial charge is 0.262 e. The first-order chi connectivity index (χ1) is 28.0. The van der Waals surface area contributed by atoms with Gasteiger partial charge in [-0.2, -0.15) is 0 Å². The molecule has 0 bridgehead atoms. The molecule has 2 N–H and O–H groups in total. The Morgan fingerprint density at radius 3 is 2.34 bits per heavy atom. The molecule has 58 heavy (non-hydrogen) atoms. The maximum Gasteiger partial charge on any atom is 0.262 e. The van der Waals surface area contributed by atoms with Gasteiger partial charge in [0.25, 0.3) is 17.4 Å². The van der Waals surface area contributed by atoms with E-state index in [4.69, 9.17) is 9.47 Å². The van der Waals surface area contributed by atoms with Gasteiger partial charge in [0.05, 0.1) is 42.7 Å². The zero-order valence-electron chi connectivity index (χ0n) is 33.6. The third-order valence-corrected chi connectivity index (χ3v) is 12.7. The molecule has 2 saturated heterocycles. The molecule has 1 unspecified atom stereocenters. The molecule has 0 radical (unpaired) electrons. The van der Waals surface area contributed by atoms with Crippen LogP contribution in [-0.4, -0.2) is 109 Å². The summed E-state index contributed by atoms with van der Waals surface area (Å²) in [5.41, 5.74) is 4.59. The molecule has 8 rings (SSSR count). The Balaban J connectivity index is 0.785. The lowest BCUT2D eigenvalue weighted by atomic mass is 9.60. The highest BCUT2D eigenvalue weighted by Gasteiger charge is 2.47. The maximum atomic E-state index is 13.3. The molecule has 304 valence electrons. The number of fused-ring (bicyclic) bond motifs is 2. The van der Waals surface area contributed by atoms with E-state index in [-0.39, 0.29) is 24.4 Å². The van der Waals surface area contributed by atoms with Gasteiger partial charge in [-0.3, -0.25) is 33.9 Å². The lowest BCUT2D eigenvalue weighted by molar-refractivity contribution is -0.133. The number of imide groups is 1. The van der Waals surface area contributed by atoms with Crippen LogP contribution in [0.15, 0.2) is 59.8 Å². The van der Waals surface area contributed by atoms with Gasteiger partial charge >= 0.3 is 0 Å². The number of pyridine rings is 2. The Kier molecular flexibility index (Phi) is 10.8. The number of methoxy groups -OCH3 is 2. The van der Waals surface area contributed by atoms with Gasteiger partial charge < -0.3 is 34.5 Å². The Bertz CT molecular complexity index is 2320. The second kappa shape index (κ2) is 16.0. The number of amides is 3. The minimum absolute atomic E-state index is 0.0423. The Hall–Kier alpha value is -5.60. The molecular formula is C44H51N7O7. The highest BCUT2D eigenvalue weighted by molar-refractivity contribution is 6.24. The van der Waals surface area contributed by atoms with Crippen molar-refractivity contribution in [2.45, 2.75) is 63.6 Å². The van der Waals surface area contributed by atoms with E-state index in [9.17, 15) is 24.0 Å². The number of rotatable bonds is 13. The molecule has 3 amide bonds. The van der Waals surface area contributed by atoms with Crippen molar-refractivity contribution >= 4 is 40.0 Å². The highest BCUT2D eigenvalue weighted by Crippen LogP contribution is 2.49. The zero-order valence-corrected chi connectivity index (χ0v) is 33.6. The van der Waals surface area contributed by atoms with Crippen LogP contribution in [-0.2, 0) is 23.2 Å². The van der Waals surface area contributed by atoms with Gasteiger partial charge in [0.15, 0.2) is 5.78 Å². The fourth-order valence-electron chi connectivity index (χ4n) is 9.40. The number of ether oxygens (including phenoxy) is 2. The fourth-order valence-corrected chi connectivity index (χ4v) is 9.40. The quantitative estimate of drug-likeness (QED) is 0.115. The van der Waals surface area contributed by atoms with E-state index in [1.807, 2.05) is 30.5 Å². The summed E-state index contributed by atoms with van der Waals surface area (Å²) >= 11 is 0. The number of unbranched alkanes of at least 4 members (excludes halogenated alkanes) is 1. The van der Waals surface area contributed by atoms with E-state index in [0.717, 1.165) is 96.0 Å². The van der Waals surface area contributed by atoms with Crippen LogP contribution in [0.1, 0.15) is 71.2 Å². The van der Waals surface area contributed by atoms with Crippen molar-refractivity contribution in [3.05, 3.63) is 82.0 Å². The first-order valence-electron chi connectivity index (χ1n) is 20.2. The van der Waals surface area contributed by atoms with E-state index >= 15 is 0 Å². The van der Waals surface area contributed by atoms with Gasteiger partial charge in [-0.05, 0) is 111 Å². The van der Waals surface area contributed by atoms with E-state index in [0.29, 0.717) is 34.5 Å². The Morgan fingerprint density at radius 1 is 0.914 bits per heavy atom. The topological polar surface area (TPSA) is 155 Å². The molecule has 4 aliphatic rings. The number of aromatic nitrogens is 2. The van der Waals surface area contributed by atoms with Gasteiger partial charge in [0.2, 0.25) is 5.91 Å². The monoisotopic (exact) mass is 789 g/mol. The van der Waals surface area contributed by atoms with Crippen molar-refractivity contribution in [2.24, 2.45) is 12.5 Å². The average molecular weight is 790 g/mol. The Labute approximate surface area is 337 Å². The van der Waals surface area contributed by atoms with Crippen LogP contribution in [0.5, 0.6) is 11.5 Å². The summed E-state index contributed by atoms with van der Waals surface area (Å²) in [5, 5.41) is 7.79. The zero-order chi connectivity index (χ0) is 40.7. The molecular weight excluding hydrogens is 739 g/mol. The van der Waals surface area contributed by atoms with Crippen molar-refractivity contribution in [2.75, 3.05) is 58.9 Å². The predicted octanol–water partition coefficient (Wildman–Crippen LogP) is 3.92. The standard InChI is InChI=1S/C44H51N7O7/c1-48(25-35-38(57-3)17-27(18-39(35)58-4)34-26-49(2)41(54)33-23-45-13-9-30(33)34)14-6-5-12-46-28-21-44(22-28)10-15-50(16-11-44)29-7-8-31-32(19-29)43(56)51(42(31)55)36-24-47-40(53)20-37(36)52/h7-9,13,17-19,23,26,28,36,46H,5-6,10-12,14-16,20-22,24-25H2,1-4H3,(H,47,53).